The molecule has 2 rings (SSSR count). The number of amides is 1. The average molecular weight is 358 g/mol. The predicted molar refractivity (Wildman–Crippen MR) is 86.9 cm³/mol. The summed E-state index contributed by atoms with van der Waals surface area (Å²) in [5, 5.41) is 14.5. The molecule has 6 nitrogen and oxygen atoms in total. The molecule has 1 aromatic carbocycles. The van der Waals surface area contributed by atoms with E-state index in [1.165, 1.54) is 6.20 Å². The molecule has 22 heavy (non-hydrogen) atoms. The minimum absolute atomic E-state index is 0.0759. The standard InChI is InChI=1S/C15H12BrN5O/c1-10-3-2-4-13(5-10)21-14(22)11(6-17)7-18-15-19-8-12(16)9-20-15/h2-5,7-9H,1H3,(H,21,22)(H,18,19,20)/b11-7-. The van der Waals surface area contributed by atoms with Gasteiger partial charge in [0.05, 0.1) is 4.47 Å². The molecule has 2 aromatic rings. The van der Waals surface area contributed by atoms with E-state index >= 15 is 0 Å². The molecule has 0 atom stereocenters. The van der Waals surface area contributed by atoms with Crippen molar-refractivity contribution in [2.24, 2.45) is 0 Å². The van der Waals surface area contributed by atoms with Gasteiger partial charge in [-0.05, 0) is 40.5 Å². The molecule has 0 fully saturated rings. The van der Waals surface area contributed by atoms with Gasteiger partial charge in [0.25, 0.3) is 5.91 Å². The minimum Gasteiger partial charge on any atom is -0.329 e. The normalized spacial score (nSPS) is 10.7. The molecule has 0 radical (unpaired) electrons. The summed E-state index contributed by atoms with van der Waals surface area (Å²) in [6, 6.07) is 9.16. The Bertz CT molecular complexity index is 749. The third kappa shape index (κ3) is 4.40. The highest BCUT2D eigenvalue weighted by Crippen LogP contribution is 2.11. The number of hydrogen-bond donors (Lipinski definition) is 2. The molecule has 0 aliphatic heterocycles. The van der Waals surface area contributed by atoms with Gasteiger partial charge in [-0.25, -0.2) is 9.97 Å². The Morgan fingerprint density at radius 2 is 2.09 bits per heavy atom. The van der Waals surface area contributed by atoms with Gasteiger partial charge in [-0.2, -0.15) is 5.26 Å². The largest absolute Gasteiger partial charge is 0.329 e. The quantitative estimate of drug-likeness (QED) is 0.648. The summed E-state index contributed by atoms with van der Waals surface area (Å²) in [4.78, 5) is 20.0. The average Bonchev–Trinajstić information content (AvgIpc) is 2.49. The summed E-state index contributed by atoms with van der Waals surface area (Å²) >= 11 is 3.22. The fourth-order valence-electron chi connectivity index (χ4n) is 1.59. The van der Waals surface area contributed by atoms with Gasteiger partial charge in [0, 0.05) is 24.3 Å². The van der Waals surface area contributed by atoms with Crippen LogP contribution in [0.1, 0.15) is 5.56 Å². The van der Waals surface area contributed by atoms with Gasteiger partial charge in [-0.1, -0.05) is 12.1 Å². The summed E-state index contributed by atoms with van der Waals surface area (Å²) in [6.45, 7) is 1.92. The van der Waals surface area contributed by atoms with Crippen LogP contribution in [0.25, 0.3) is 0 Å². The van der Waals surface area contributed by atoms with Crippen molar-refractivity contribution >= 4 is 33.5 Å². The first-order chi connectivity index (χ1) is 10.6. The Kier molecular flexibility index (Phi) is 5.22. The topological polar surface area (TPSA) is 90.7 Å². The molecule has 0 saturated heterocycles. The fourth-order valence-corrected chi connectivity index (χ4v) is 1.80. The summed E-state index contributed by atoms with van der Waals surface area (Å²) < 4.78 is 0.736. The van der Waals surface area contributed by atoms with Crippen molar-refractivity contribution in [1.82, 2.24) is 9.97 Å². The fraction of sp³-hybridized carbons (Fsp3) is 0.0667. The number of rotatable bonds is 4. The van der Waals surface area contributed by atoms with Crippen LogP contribution in [0.15, 0.2) is 52.9 Å². The highest BCUT2D eigenvalue weighted by molar-refractivity contribution is 9.10. The van der Waals surface area contributed by atoms with Gasteiger partial charge in [0.1, 0.15) is 11.6 Å². The summed E-state index contributed by atoms with van der Waals surface area (Å²) in [7, 11) is 0. The number of hydrogen-bond acceptors (Lipinski definition) is 5. The third-order valence-corrected chi connectivity index (χ3v) is 3.02. The number of halogens is 1. The van der Waals surface area contributed by atoms with E-state index in [1.54, 1.807) is 18.5 Å². The summed E-state index contributed by atoms with van der Waals surface area (Å²) in [5.74, 6) is -0.211. The molecule has 1 heterocycles. The van der Waals surface area contributed by atoms with Gasteiger partial charge >= 0.3 is 0 Å². The van der Waals surface area contributed by atoms with Gasteiger partial charge in [0.2, 0.25) is 5.95 Å². The van der Waals surface area contributed by atoms with E-state index in [1.807, 2.05) is 31.2 Å². The van der Waals surface area contributed by atoms with Crippen molar-refractivity contribution < 1.29 is 4.79 Å². The molecule has 1 aromatic heterocycles. The van der Waals surface area contributed by atoms with E-state index in [4.69, 9.17) is 5.26 Å². The first-order valence-electron chi connectivity index (χ1n) is 6.31. The molecular weight excluding hydrogens is 346 g/mol. The summed E-state index contributed by atoms with van der Waals surface area (Å²) in [5.41, 5.74) is 1.57. The number of nitrogens with one attached hydrogen (secondary N) is 2. The maximum absolute atomic E-state index is 12.0. The van der Waals surface area contributed by atoms with Crippen molar-refractivity contribution in [3.05, 3.63) is 58.5 Å². The maximum Gasteiger partial charge on any atom is 0.267 e. The van der Waals surface area contributed by atoms with Crippen LogP contribution in [-0.4, -0.2) is 15.9 Å². The maximum atomic E-state index is 12.0. The van der Waals surface area contributed by atoms with Crippen LogP contribution in [0.2, 0.25) is 0 Å². The lowest BCUT2D eigenvalue weighted by atomic mass is 10.2. The van der Waals surface area contributed by atoms with E-state index in [-0.39, 0.29) is 5.57 Å². The van der Waals surface area contributed by atoms with Crippen molar-refractivity contribution in [3.8, 4) is 6.07 Å². The molecule has 0 spiro atoms. The number of anilines is 2. The third-order valence-electron chi connectivity index (χ3n) is 2.61. The van der Waals surface area contributed by atoms with E-state index in [9.17, 15) is 4.79 Å². The molecule has 0 aliphatic carbocycles. The van der Waals surface area contributed by atoms with Crippen LogP contribution in [0.3, 0.4) is 0 Å². The molecule has 1 amide bonds. The minimum atomic E-state index is -0.502. The highest BCUT2D eigenvalue weighted by atomic mass is 79.9. The van der Waals surface area contributed by atoms with Crippen molar-refractivity contribution in [1.29, 1.82) is 5.26 Å². The van der Waals surface area contributed by atoms with Crippen LogP contribution in [0.5, 0.6) is 0 Å². The Hall–Kier alpha value is -2.72. The Balaban J connectivity index is 2.07. The van der Waals surface area contributed by atoms with E-state index in [0.717, 1.165) is 10.0 Å². The van der Waals surface area contributed by atoms with Crippen molar-refractivity contribution in [3.63, 3.8) is 0 Å². The van der Waals surface area contributed by atoms with Gasteiger partial charge in [-0.15, -0.1) is 0 Å². The molecular formula is C15H12BrN5O. The van der Waals surface area contributed by atoms with E-state index in [2.05, 4.69) is 36.5 Å². The number of nitriles is 1. The van der Waals surface area contributed by atoms with Crippen LogP contribution < -0.4 is 10.6 Å². The Labute approximate surface area is 136 Å². The lowest BCUT2D eigenvalue weighted by Crippen LogP contribution is -2.14. The summed E-state index contributed by atoms with van der Waals surface area (Å²) in [6.07, 6.45) is 4.39. The van der Waals surface area contributed by atoms with Gasteiger partial charge < -0.3 is 10.6 Å². The zero-order valence-corrected chi connectivity index (χ0v) is 13.3. The lowest BCUT2D eigenvalue weighted by molar-refractivity contribution is -0.112. The van der Waals surface area contributed by atoms with Gasteiger partial charge in [0.15, 0.2) is 0 Å². The highest BCUT2D eigenvalue weighted by Gasteiger charge is 2.09. The second-order valence-electron chi connectivity index (χ2n) is 4.36. The van der Waals surface area contributed by atoms with Crippen LogP contribution in [0.4, 0.5) is 11.6 Å². The molecule has 0 aliphatic rings. The Morgan fingerprint density at radius 3 is 2.73 bits per heavy atom. The van der Waals surface area contributed by atoms with E-state index in [0.29, 0.717) is 11.6 Å². The van der Waals surface area contributed by atoms with Gasteiger partial charge in [-0.3, -0.25) is 4.79 Å². The number of aryl methyl sites for hydroxylation is 1. The zero-order chi connectivity index (χ0) is 15.9. The van der Waals surface area contributed by atoms with Crippen molar-refractivity contribution in [2.45, 2.75) is 6.92 Å². The smallest absolute Gasteiger partial charge is 0.267 e. The van der Waals surface area contributed by atoms with Crippen LogP contribution in [0, 0.1) is 18.3 Å². The number of benzene rings is 1. The number of carbonyl (C=O) groups excluding carboxylic acids is 1. The SMILES string of the molecule is Cc1cccc(NC(=O)/C(C#N)=C\Nc2ncc(Br)cn2)c1. The Morgan fingerprint density at radius 1 is 1.36 bits per heavy atom. The first kappa shape index (κ1) is 15.7. The molecule has 110 valence electrons. The first-order valence-corrected chi connectivity index (χ1v) is 7.10. The molecule has 0 unspecified atom stereocenters. The number of aromatic nitrogens is 2. The molecule has 0 saturated carbocycles. The molecule has 2 N–H and O–H groups in total. The lowest BCUT2D eigenvalue weighted by Gasteiger charge is -2.05. The zero-order valence-electron chi connectivity index (χ0n) is 11.7. The van der Waals surface area contributed by atoms with Crippen LogP contribution in [-0.2, 0) is 4.79 Å². The molecule has 7 heteroatoms. The van der Waals surface area contributed by atoms with Crippen molar-refractivity contribution in [2.75, 3.05) is 10.6 Å². The van der Waals surface area contributed by atoms with E-state index < -0.39 is 5.91 Å². The predicted octanol–water partition coefficient (Wildman–Crippen LogP) is 3.01. The second-order valence-corrected chi connectivity index (χ2v) is 5.28. The monoisotopic (exact) mass is 357 g/mol. The molecule has 0 bridgehead atoms. The van der Waals surface area contributed by atoms with Crippen LogP contribution >= 0.6 is 15.9 Å². The number of nitrogens with zero attached hydrogens (tertiary/aromatic N) is 3. The second kappa shape index (κ2) is 7.33. The number of carbonyl (C=O) groups is 1.